The SMILES string of the molecule is CNCC(O)Cn1nc2c(c1C(=O)[O-])CCc1cnccc1-2. The first-order valence-electron chi connectivity index (χ1n) is 7.18. The number of carbonyl (C=O) groups excluding carboxylic acids is 1. The number of aromatic carboxylic acids is 1. The van der Waals surface area contributed by atoms with Crippen LogP contribution < -0.4 is 10.4 Å². The molecule has 1 aliphatic rings. The van der Waals surface area contributed by atoms with Gasteiger partial charge in [0.1, 0.15) is 0 Å². The average molecular weight is 301 g/mol. The molecule has 0 aliphatic heterocycles. The lowest BCUT2D eigenvalue weighted by Gasteiger charge is -2.16. The predicted octanol–water partition coefficient (Wildman–Crippen LogP) is -1.01. The van der Waals surface area contributed by atoms with Crippen molar-refractivity contribution in [2.45, 2.75) is 25.5 Å². The highest BCUT2D eigenvalue weighted by Gasteiger charge is 2.25. The Kier molecular flexibility index (Phi) is 3.91. The second kappa shape index (κ2) is 5.86. The zero-order valence-corrected chi connectivity index (χ0v) is 12.2. The number of fused-ring (bicyclic) bond motifs is 3. The first-order valence-corrected chi connectivity index (χ1v) is 7.18. The number of carbonyl (C=O) groups is 1. The van der Waals surface area contributed by atoms with Crippen molar-refractivity contribution < 1.29 is 15.0 Å². The molecule has 3 rings (SSSR count). The van der Waals surface area contributed by atoms with Crippen LogP contribution in [-0.4, -0.2) is 45.5 Å². The number of carboxylic acids is 1. The van der Waals surface area contributed by atoms with Crippen LogP contribution in [0, 0.1) is 0 Å². The summed E-state index contributed by atoms with van der Waals surface area (Å²) in [6.07, 6.45) is 4.04. The van der Waals surface area contributed by atoms with Gasteiger partial charge in [-0.15, -0.1) is 0 Å². The van der Waals surface area contributed by atoms with Gasteiger partial charge < -0.3 is 20.3 Å². The lowest BCUT2D eigenvalue weighted by atomic mass is 9.90. The lowest BCUT2D eigenvalue weighted by molar-refractivity contribution is -0.256. The molecule has 0 fully saturated rings. The number of pyridine rings is 1. The molecule has 1 atom stereocenters. The molecule has 0 radical (unpaired) electrons. The summed E-state index contributed by atoms with van der Waals surface area (Å²) < 4.78 is 1.34. The molecule has 22 heavy (non-hydrogen) atoms. The monoisotopic (exact) mass is 301 g/mol. The maximum atomic E-state index is 11.5. The van der Waals surface area contributed by atoms with Gasteiger partial charge in [-0.1, -0.05) is 0 Å². The summed E-state index contributed by atoms with van der Waals surface area (Å²) in [4.78, 5) is 15.6. The number of aliphatic hydroxyl groups excluding tert-OH is 1. The number of hydrogen-bond acceptors (Lipinski definition) is 6. The third-order valence-electron chi connectivity index (χ3n) is 3.87. The van der Waals surface area contributed by atoms with Gasteiger partial charge in [0.2, 0.25) is 0 Å². The standard InChI is InChI=1S/C15H18N4O3/c1-16-7-10(20)8-19-14(15(21)22)12-3-2-9-6-17-5-4-11(9)13(12)18-19/h4-6,10,16,20H,2-3,7-8H2,1H3,(H,21,22)/p-1. The van der Waals surface area contributed by atoms with E-state index in [1.54, 1.807) is 19.4 Å². The molecule has 7 heteroatoms. The topological polar surface area (TPSA) is 103 Å². The molecule has 116 valence electrons. The van der Waals surface area contributed by atoms with E-state index in [-0.39, 0.29) is 12.2 Å². The van der Waals surface area contributed by atoms with Gasteiger partial charge in [0.05, 0.1) is 30.0 Å². The van der Waals surface area contributed by atoms with Crippen molar-refractivity contribution in [3.8, 4) is 11.3 Å². The summed E-state index contributed by atoms with van der Waals surface area (Å²) in [5.41, 5.74) is 3.35. The highest BCUT2D eigenvalue weighted by molar-refractivity contribution is 5.89. The summed E-state index contributed by atoms with van der Waals surface area (Å²) >= 11 is 0. The summed E-state index contributed by atoms with van der Waals surface area (Å²) in [5.74, 6) is -1.26. The number of likely N-dealkylation sites (N-methyl/N-ethyl adjacent to an activating group) is 1. The Balaban J connectivity index is 2.07. The third kappa shape index (κ3) is 2.49. The molecule has 2 heterocycles. The van der Waals surface area contributed by atoms with Gasteiger partial charge >= 0.3 is 0 Å². The highest BCUT2D eigenvalue weighted by Crippen LogP contribution is 2.33. The molecule has 0 saturated carbocycles. The fourth-order valence-corrected chi connectivity index (χ4v) is 2.93. The van der Waals surface area contributed by atoms with E-state index in [0.29, 0.717) is 24.2 Å². The van der Waals surface area contributed by atoms with E-state index >= 15 is 0 Å². The first kappa shape index (κ1) is 14.7. The molecule has 0 aromatic carbocycles. The van der Waals surface area contributed by atoms with Crippen LogP contribution in [0.1, 0.15) is 21.6 Å². The summed E-state index contributed by atoms with van der Waals surface area (Å²) in [6, 6.07) is 1.84. The molecule has 2 N–H and O–H groups in total. The number of hydrogen-bond donors (Lipinski definition) is 2. The molecular formula is C15H17N4O3-. The Labute approximate surface area is 127 Å². The summed E-state index contributed by atoms with van der Waals surface area (Å²) in [6.45, 7) is 0.467. The Morgan fingerprint density at radius 2 is 2.36 bits per heavy atom. The van der Waals surface area contributed by atoms with Crippen LogP contribution in [0.4, 0.5) is 0 Å². The van der Waals surface area contributed by atoms with Crippen LogP contribution in [-0.2, 0) is 19.4 Å². The molecule has 1 aliphatic carbocycles. The van der Waals surface area contributed by atoms with Crippen molar-refractivity contribution in [1.82, 2.24) is 20.1 Å². The lowest BCUT2D eigenvalue weighted by Crippen LogP contribution is -2.32. The van der Waals surface area contributed by atoms with E-state index < -0.39 is 12.1 Å². The maximum absolute atomic E-state index is 11.5. The minimum Gasteiger partial charge on any atom is -0.543 e. The maximum Gasteiger partial charge on any atom is 0.0966 e. The molecular weight excluding hydrogens is 284 g/mol. The zero-order valence-electron chi connectivity index (χ0n) is 12.2. The van der Waals surface area contributed by atoms with Gasteiger partial charge in [0, 0.05) is 30.1 Å². The first-order chi connectivity index (χ1) is 10.6. The molecule has 0 bridgehead atoms. The Morgan fingerprint density at radius 1 is 1.55 bits per heavy atom. The fraction of sp³-hybridized carbons (Fsp3) is 0.400. The van der Waals surface area contributed by atoms with E-state index in [2.05, 4.69) is 15.4 Å². The predicted molar refractivity (Wildman–Crippen MR) is 77.1 cm³/mol. The van der Waals surface area contributed by atoms with Gasteiger partial charge in [0.25, 0.3) is 0 Å². The average Bonchev–Trinajstić information content (AvgIpc) is 2.85. The number of aryl methyl sites for hydroxylation is 1. The molecule has 0 amide bonds. The van der Waals surface area contributed by atoms with E-state index in [4.69, 9.17) is 0 Å². The second-order valence-corrected chi connectivity index (χ2v) is 5.39. The van der Waals surface area contributed by atoms with Gasteiger partial charge in [-0.3, -0.25) is 9.67 Å². The van der Waals surface area contributed by atoms with Crippen molar-refractivity contribution in [3.63, 3.8) is 0 Å². The quantitative estimate of drug-likeness (QED) is 0.733. The third-order valence-corrected chi connectivity index (χ3v) is 3.87. The number of rotatable bonds is 5. The van der Waals surface area contributed by atoms with Gasteiger partial charge in [0.15, 0.2) is 0 Å². The largest absolute Gasteiger partial charge is 0.543 e. The van der Waals surface area contributed by atoms with Crippen molar-refractivity contribution in [1.29, 1.82) is 0 Å². The molecule has 0 saturated heterocycles. The molecule has 2 aromatic rings. The summed E-state index contributed by atoms with van der Waals surface area (Å²) in [5, 5.41) is 28.7. The van der Waals surface area contributed by atoms with E-state index in [1.165, 1.54) is 4.68 Å². The summed E-state index contributed by atoms with van der Waals surface area (Å²) in [7, 11) is 1.72. The zero-order chi connectivity index (χ0) is 15.7. The normalized spacial score (nSPS) is 14.3. The molecule has 1 unspecified atom stereocenters. The van der Waals surface area contributed by atoms with Gasteiger partial charge in [-0.2, -0.15) is 5.10 Å². The number of nitrogens with zero attached hydrogens (tertiary/aromatic N) is 3. The number of nitrogens with one attached hydrogen (secondary N) is 1. The van der Waals surface area contributed by atoms with E-state index in [1.807, 2.05) is 6.07 Å². The van der Waals surface area contributed by atoms with E-state index in [0.717, 1.165) is 17.5 Å². The van der Waals surface area contributed by atoms with E-state index in [9.17, 15) is 15.0 Å². The van der Waals surface area contributed by atoms with Gasteiger partial charge in [-0.05, 0) is 31.5 Å². The van der Waals surface area contributed by atoms with Crippen LogP contribution in [0.15, 0.2) is 18.5 Å². The Hall–Kier alpha value is -2.25. The molecule has 2 aromatic heterocycles. The number of aromatic nitrogens is 3. The molecule has 0 spiro atoms. The number of aliphatic hydroxyl groups is 1. The van der Waals surface area contributed by atoms with Crippen molar-refractivity contribution >= 4 is 5.97 Å². The minimum atomic E-state index is -1.26. The number of carboxylic acid groups (broad SMARTS) is 1. The fourth-order valence-electron chi connectivity index (χ4n) is 2.93. The Morgan fingerprint density at radius 3 is 3.09 bits per heavy atom. The van der Waals surface area contributed by atoms with Crippen LogP contribution in [0.2, 0.25) is 0 Å². The minimum absolute atomic E-state index is 0.0626. The highest BCUT2D eigenvalue weighted by atomic mass is 16.4. The second-order valence-electron chi connectivity index (χ2n) is 5.39. The van der Waals surface area contributed by atoms with Crippen LogP contribution in [0.3, 0.4) is 0 Å². The van der Waals surface area contributed by atoms with Crippen molar-refractivity contribution in [2.24, 2.45) is 0 Å². The van der Waals surface area contributed by atoms with Crippen LogP contribution in [0.5, 0.6) is 0 Å². The smallest absolute Gasteiger partial charge is 0.0966 e. The van der Waals surface area contributed by atoms with Gasteiger partial charge in [-0.25, -0.2) is 0 Å². The van der Waals surface area contributed by atoms with Crippen LogP contribution in [0.25, 0.3) is 11.3 Å². The van der Waals surface area contributed by atoms with Crippen molar-refractivity contribution in [3.05, 3.63) is 35.3 Å². The van der Waals surface area contributed by atoms with Crippen molar-refractivity contribution in [2.75, 3.05) is 13.6 Å². The Bertz CT molecular complexity index is 711. The van der Waals surface area contributed by atoms with Crippen LogP contribution >= 0.6 is 0 Å². The molecule has 7 nitrogen and oxygen atoms in total.